The number of carboxylic acid groups (broad SMARTS) is 1. The fourth-order valence-electron chi connectivity index (χ4n) is 1.25. The Morgan fingerprint density at radius 1 is 1.67 bits per heavy atom. The third-order valence-corrected chi connectivity index (χ3v) is 2.17. The van der Waals surface area contributed by atoms with Gasteiger partial charge < -0.3 is 5.11 Å². The van der Waals surface area contributed by atoms with Crippen LogP contribution in [0.25, 0.3) is 0 Å². The van der Waals surface area contributed by atoms with E-state index in [-0.39, 0.29) is 0 Å². The zero-order valence-corrected chi connectivity index (χ0v) is 7.42. The highest BCUT2D eigenvalue weighted by Gasteiger charge is 2.28. The second kappa shape index (κ2) is 3.72. The van der Waals surface area contributed by atoms with Crippen molar-refractivity contribution in [1.82, 2.24) is 4.90 Å². The van der Waals surface area contributed by atoms with Gasteiger partial charge in [-0.15, -0.1) is 0 Å². The fraction of sp³-hybridized carbons (Fsp3) is 0.667. The van der Waals surface area contributed by atoms with Crippen LogP contribution in [0.1, 0.15) is 19.8 Å². The summed E-state index contributed by atoms with van der Waals surface area (Å²) in [5.41, 5.74) is 0.295. The number of hydrogen-bond acceptors (Lipinski definition) is 2. The van der Waals surface area contributed by atoms with Crippen LogP contribution in [0.15, 0.2) is 12.2 Å². The lowest BCUT2D eigenvalue weighted by Crippen LogP contribution is -2.29. The smallest absolute Gasteiger partial charge is 0.332 e. The molecule has 0 saturated heterocycles. The predicted octanol–water partition coefficient (Wildman–Crippen LogP) is 1.11. The van der Waals surface area contributed by atoms with Crippen molar-refractivity contribution in [3.05, 3.63) is 12.2 Å². The minimum atomic E-state index is -0.880. The third kappa shape index (κ3) is 2.34. The molecule has 0 aromatic heterocycles. The largest absolute Gasteiger partial charge is 0.478 e. The van der Waals surface area contributed by atoms with Gasteiger partial charge >= 0.3 is 5.97 Å². The van der Waals surface area contributed by atoms with Crippen molar-refractivity contribution in [1.29, 1.82) is 0 Å². The maximum absolute atomic E-state index is 10.5. The van der Waals surface area contributed by atoms with E-state index in [0.29, 0.717) is 18.2 Å². The van der Waals surface area contributed by atoms with Gasteiger partial charge in [-0.25, -0.2) is 4.79 Å². The van der Waals surface area contributed by atoms with Gasteiger partial charge in [-0.3, -0.25) is 4.90 Å². The first-order valence-electron chi connectivity index (χ1n) is 4.30. The molecule has 1 fully saturated rings. The first-order chi connectivity index (χ1) is 5.65. The maximum atomic E-state index is 10.5. The van der Waals surface area contributed by atoms with Crippen LogP contribution in [0.3, 0.4) is 0 Å². The second-order valence-electron chi connectivity index (χ2n) is 3.20. The van der Waals surface area contributed by atoms with Gasteiger partial charge in [-0.2, -0.15) is 0 Å². The van der Waals surface area contributed by atoms with Gasteiger partial charge in [0.2, 0.25) is 0 Å². The van der Waals surface area contributed by atoms with Crippen LogP contribution in [0.4, 0.5) is 0 Å². The molecule has 0 atom stereocenters. The zero-order valence-electron chi connectivity index (χ0n) is 7.42. The van der Waals surface area contributed by atoms with Gasteiger partial charge in [0.1, 0.15) is 0 Å². The Balaban J connectivity index is 2.36. The lowest BCUT2D eigenvalue weighted by atomic mass is 10.3. The van der Waals surface area contributed by atoms with Gasteiger partial charge in [-0.1, -0.05) is 13.5 Å². The number of aliphatic carboxylic acids is 1. The molecule has 1 aliphatic rings. The predicted molar refractivity (Wildman–Crippen MR) is 47.0 cm³/mol. The van der Waals surface area contributed by atoms with Gasteiger partial charge in [-0.05, 0) is 19.4 Å². The first kappa shape index (κ1) is 9.26. The van der Waals surface area contributed by atoms with E-state index in [1.54, 1.807) is 0 Å². The lowest BCUT2D eigenvalue weighted by molar-refractivity contribution is -0.132. The number of hydrogen-bond donors (Lipinski definition) is 1. The number of rotatable bonds is 5. The highest BCUT2D eigenvalue weighted by molar-refractivity contribution is 5.86. The minimum absolute atomic E-state index is 0.295. The minimum Gasteiger partial charge on any atom is -0.478 e. The van der Waals surface area contributed by atoms with E-state index in [9.17, 15) is 4.79 Å². The third-order valence-electron chi connectivity index (χ3n) is 2.17. The first-order valence-corrected chi connectivity index (χ1v) is 4.30. The number of carbonyl (C=O) groups is 1. The molecule has 1 N–H and O–H groups in total. The van der Waals surface area contributed by atoms with Gasteiger partial charge in [0.05, 0.1) is 0 Å². The summed E-state index contributed by atoms with van der Waals surface area (Å²) in [5.74, 6) is -0.880. The summed E-state index contributed by atoms with van der Waals surface area (Å²) in [6, 6.07) is 0.617. The molecule has 0 bridgehead atoms. The summed E-state index contributed by atoms with van der Waals surface area (Å²) in [5, 5.41) is 8.60. The molecular formula is C9H15NO2. The van der Waals surface area contributed by atoms with Crippen molar-refractivity contribution in [3.63, 3.8) is 0 Å². The molecule has 0 heterocycles. The van der Waals surface area contributed by atoms with Crippen molar-refractivity contribution in [2.75, 3.05) is 13.1 Å². The van der Waals surface area contributed by atoms with E-state index in [1.165, 1.54) is 12.8 Å². The molecule has 3 heteroatoms. The van der Waals surface area contributed by atoms with Crippen molar-refractivity contribution in [2.45, 2.75) is 25.8 Å². The maximum Gasteiger partial charge on any atom is 0.332 e. The van der Waals surface area contributed by atoms with Crippen LogP contribution in [0.5, 0.6) is 0 Å². The van der Waals surface area contributed by atoms with Gasteiger partial charge in [0, 0.05) is 18.2 Å². The molecule has 1 aliphatic carbocycles. The Morgan fingerprint density at radius 2 is 2.25 bits per heavy atom. The van der Waals surface area contributed by atoms with Crippen LogP contribution in [0.2, 0.25) is 0 Å². The standard InChI is InChI=1S/C9H15NO2/c1-3-10(8-4-5-8)6-7(2)9(11)12/h8H,2-6H2,1H3,(H,11,12). The lowest BCUT2D eigenvalue weighted by Gasteiger charge is -2.19. The molecule has 68 valence electrons. The number of nitrogens with zero attached hydrogens (tertiary/aromatic N) is 1. The fourth-order valence-corrected chi connectivity index (χ4v) is 1.25. The van der Waals surface area contributed by atoms with Crippen molar-refractivity contribution in [2.24, 2.45) is 0 Å². The van der Waals surface area contributed by atoms with Crippen LogP contribution < -0.4 is 0 Å². The van der Waals surface area contributed by atoms with Crippen molar-refractivity contribution < 1.29 is 9.90 Å². The SMILES string of the molecule is C=C(CN(CC)C1CC1)C(=O)O. The quantitative estimate of drug-likeness (QED) is 0.627. The Hall–Kier alpha value is -0.830. The highest BCUT2D eigenvalue weighted by atomic mass is 16.4. The summed E-state index contributed by atoms with van der Waals surface area (Å²) in [6.45, 7) is 6.98. The highest BCUT2D eigenvalue weighted by Crippen LogP contribution is 2.26. The summed E-state index contributed by atoms with van der Waals surface area (Å²) >= 11 is 0. The van der Waals surface area contributed by atoms with E-state index in [1.807, 2.05) is 6.92 Å². The summed E-state index contributed by atoms with van der Waals surface area (Å²) in [7, 11) is 0. The molecule has 0 unspecified atom stereocenters. The monoisotopic (exact) mass is 169 g/mol. The van der Waals surface area contributed by atoms with E-state index in [2.05, 4.69) is 11.5 Å². The molecule has 0 spiro atoms. The van der Waals surface area contributed by atoms with Crippen molar-refractivity contribution in [3.8, 4) is 0 Å². The number of likely N-dealkylation sites (N-methyl/N-ethyl adjacent to an activating group) is 1. The normalized spacial score (nSPS) is 16.5. The molecular weight excluding hydrogens is 154 g/mol. The zero-order chi connectivity index (χ0) is 9.14. The van der Waals surface area contributed by atoms with E-state index < -0.39 is 5.97 Å². The molecule has 0 radical (unpaired) electrons. The molecule has 12 heavy (non-hydrogen) atoms. The van der Waals surface area contributed by atoms with Crippen LogP contribution in [-0.2, 0) is 4.79 Å². The molecule has 0 amide bonds. The molecule has 0 aromatic carbocycles. The molecule has 0 aromatic rings. The number of carboxylic acids is 1. The second-order valence-corrected chi connectivity index (χ2v) is 3.20. The topological polar surface area (TPSA) is 40.5 Å². The summed E-state index contributed by atoms with van der Waals surface area (Å²) in [6.07, 6.45) is 2.42. The van der Waals surface area contributed by atoms with Crippen LogP contribution in [-0.4, -0.2) is 35.1 Å². The van der Waals surface area contributed by atoms with E-state index in [4.69, 9.17) is 5.11 Å². The Morgan fingerprint density at radius 3 is 2.58 bits per heavy atom. The van der Waals surface area contributed by atoms with E-state index >= 15 is 0 Å². The summed E-state index contributed by atoms with van der Waals surface area (Å²) < 4.78 is 0. The van der Waals surface area contributed by atoms with Crippen LogP contribution in [0, 0.1) is 0 Å². The Bertz CT molecular complexity index is 197. The van der Waals surface area contributed by atoms with Crippen LogP contribution >= 0.6 is 0 Å². The van der Waals surface area contributed by atoms with Gasteiger partial charge in [0.25, 0.3) is 0 Å². The van der Waals surface area contributed by atoms with Crippen molar-refractivity contribution >= 4 is 5.97 Å². The molecule has 1 saturated carbocycles. The molecule has 3 nitrogen and oxygen atoms in total. The summed E-state index contributed by atoms with van der Waals surface area (Å²) in [4.78, 5) is 12.6. The molecule has 1 rings (SSSR count). The average Bonchev–Trinajstić information content (AvgIpc) is 2.82. The van der Waals surface area contributed by atoms with E-state index in [0.717, 1.165) is 6.54 Å². The Labute approximate surface area is 72.7 Å². The Kier molecular flexibility index (Phi) is 2.87. The van der Waals surface area contributed by atoms with Gasteiger partial charge in [0.15, 0.2) is 0 Å². The molecule has 0 aliphatic heterocycles. The average molecular weight is 169 g/mol.